The number of nitrogens with zero attached hydrogens (tertiary/aromatic N) is 2. The number of hydrogen-bond acceptors (Lipinski definition) is 4. The third-order valence-electron chi connectivity index (χ3n) is 7.99. The summed E-state index contributed by atoms with van der Waals surface area (Å²) in [6.45, 7) is 4.38. The summed E-state index contributed by atoms with van der Waals surface area (Å²) in [5.74, 6) is 0.342. The van der Waals surface area contributed by atoms with Gasteiger partial charge in [-0.25, -0.2) is 9.59 Å². The quantitative estimate of drug-likeness (QED) is 0.556. The highest BCUT2D eigenvalue weighted by molar-refractivity contribution is 6.13. The molecule has 0 aromatic heterocycles. The van der Waals surface area contributed by atoms with Gasteiger partial charge in [0.25, 0.3) is 0 Å². The smallest absolute Gasteiger partial charge is 0.341 e. The lowest BCUT2D eigenvalue weighted by Gasteiger charge is -2.34. The number of nitrogens with two attached hydrogens (primary N) is 1. The molecule has 3 aliphatic rings. The molecule has 2 fully saturated rings. The molecule has 2 aromatic carbocycles. The Kier molecular flexibility index (Phi) is 4.43. The molecule has 2 N–H and O–H groups in total. The lowest BCUT2D eigenvalue weighted by atomic mass is 9.69. The van der Waals surface area contributed by atoms with Crippen LogP contribution in [0.15, 0.2) is 53.7 Å². The van der Waals surface area contributed by atoms with E-state index in [2.05, 4.69) is 19.0 Å². The molecule has 0 spiro atoms. The molecule has 1 heterocycles. The third kappa shape index (κ3) is 2.81. The topological polar surface area (TPSA) is 85.0 Å². The third-order valence-corrected chi connectivity index (χ3v) is 7.99. The van der Waals surface area contributed by atoms with Crippen molar-refractivity contribution in [3.8, 4) is 0 Å². The minimum Gasteiger partial charge on any atom is -0.351 e. The van der Waals surface area contributed by atoms with Crippen molar-refractivity contribution in [2.75, 3.05) is 4.90 Å². The lowest BCUT2D eigenvalue weighted by molar-refractivity contribution is -0.161. The first-order chi connectivity index (χ1) is 14.8. The molecule has 2 amide bonds. The number of amides is 2. The summed E-state index contributed by atoms with van der Waals surface area (Å²) in [6, 6.07) is 14.5. The van der Waals surface area contributed by atoms with Crippen molar-refractivity contribution in [1.82, 2.24) is 0 Å². The highest BCUT2D eigenvalue weighted by Crippen LogP contribution is 2.66. The maximum Gasteiger partial charge on any atom is 0.341 e. The number of hydrogen-bond donors (Lipinski definition) is 1. The van der Waals surface area contributed by atoms with Crippen LogP contribution in [0.25, 0.3) is 0 Å². The fourth-order valence-electron chi connectivity index (χ4n) is 6.03. The van der Waals surface area contributed by atoms with Gasteiger partial charge in [-0.15, -0.1) is 0 Å². The van der Waals surface area contributed by atoms with Crippen molar-refractivity contribution in [1.29, 1.82) is 0 Å². The number of carbonyl (C=O) groups excluding carboxylic acids is 2. The fourth-order valence-corrected chi connectivity index (χ4v) is 6.03. The Morgan fingerprint density at radius 1 is 1.03 bits per heavy atom. The Labute approximate surface area is 182 Å². The van der Waals surface area contributed by atoms with E-state index in [0.717, 1.165) is 36.8 Å². The van der Waals surface area contributed by atoms with Crippen LogP contribution < -0.4 is 10.6 Å². The van der Waals surface area contributed by atoms with Gasteiger partial charge in [0.2, 0.25) is 0 Å². The molecule has 0 saturated heterocycles. The fraction of sp³-hybridized carbons (Fsp3) is 0.400. The molecule has 0 unspecified atom stereocenters. The summed E-state index contributed by atoms with van der Waals surface area (Å²) in [4.78, 5) is 32.8. The predicted octanol–water partition coefficient (Wildman–Crippen LogP) is 4.92. The summed E-state index contributed by atoms with van der Waals surface area (Å²) in [6.07, 6.45) is 4.31. The van der Waals surface area contributed by atoms with Crippen molar-refractivity contribution in [2.24, 2.45) is 27.6 Å². The maximum absolute atomic E-state index is 13.3. The van der Waals surface area contributed by atoms with Gasteiger partial charge in [0, 0.05) is 12.0 Å². The zero-order valence-electron chi connectivity index (χ0n) is 17.9. The molecule has 2 saturated carbocycles. The standard InChI is InChI=1S/C25H27N3O3/c1-24(2)17-11-13-25(24,14-12-17)22(29)31-27-19-15-16-7-3-5-9-20(16)28(23(26)30)21-10-6-4-8-18(19)21/h3-10,17H,11-15H2,1-2H3,(H2,26,30)/b27-19-. The zero-order valence-corrected chi connectivity index (χ0v) is 17.9. The molecule has 1 aliphatic heterocycles. The first-order valence-electron chi connectivity index (χ1n) is 10.9. The van der Waals surface area contributed by atoms with Crippen LogP contribution in [-0.4, -0.2) is 17.7 Å². The van der Waals surface area contributed by atoms with Crippen molar-refractivity contribution >= 4 is 29.1 Å². The minimum atomic E-state index is -0.568. The average molecular weight is 418 g/mol. The summed E-state index contributed by atoms with van der Waals surface area (Å²) >= 11 is 0. The Morgan fingerprint density at radius 2 is 1.68 bits per heavy atom. The second kappa shape index (κ2) is 6.94. The van der Waals surface area contributed by atoms with Gasteiger partial charge in [0.05, 0.1) is 22.5 Å². The van der Waals surface area contributed by atoms with Gasteiger partial charge < -0.3 is 10.6 Å². The Hall–Kier alpha value is -3.15. The van der Waals surface area contributed by atoms with Crippen LogP contribution in [0.3, 0.4) is 0 Å². The molecule has 6 nitrogen and oxygen atoms in total. The lowest BCUT2D eigenvalue weighted by Crippen LogP contribution is -2.39. The van der Waals surface area contributed by atoms with Crippen LogP contribution >= 0.6 is 0 Å². The molecule has 2 aromatic rings. The van der Waals surface area contributed by atoms with Crippen molar-refractivity contribution in [2.45, 2.75) is 46.0 Å². The average Bonchev–Trinajstić information content (AvgIpc) is 3.10. The molecule has 6 heteroatoms. The SMILES string of the molecule is CC1(C)C2CCC1(C(=O)O/N=C1/Cc3ccccc3N(C(N)=O)c3ccccc31)CC2. The van der Waals surface area contributed by atoms with E-state index in [4.69, 9.17) is 10.6 Å². The molecule has 5 rings (SSSR count). The Morgan fingerprint density at radius 3 is 2.32 bits per heavy atom. The first-order valence-corrected chi connectivity index (χ1v) is 10.9. The van der Waals surface area contributed by atoms with Crippen LogP contribution in [0, 0.1) is 16.7 Å². The summed E-state index contributed by atoms with van der Waals surface area (Å²) in [5, 5.41) is 4.39. The number of fused-ring (bicyclic) bond motifs is 4. The van der Waals surface area contributed by atoms with Gasteiger partial charge >= 0.3 is 12.0 Å². The molecule has 31 heavy (non-hydrogen) atoms. The summed E-state index contributed by atoms with van der Waals surface area (Å²) in [7, 11) is 0. The molecule has 160 valence electrons. The van der Waals surface area contributed by atoms with Gasteiger partial charge in [-0.3, -0.25) is 4.90 Å². The van der Waals surface area contributed by atoms with E-state index in [-0.39, 0.29) is 11.4 Å². The van der Waals surface area contributed by atoms with Gasteiger partial charge in [-0.05, 0) is 54.7 Å². The van der Waals surface area contributed by atoms with Crippen LogP contribution in [0.5, 0.6) is 0 Å². The zero-order chi connectivity index (χ0) is 21.8. The largest absolute Gasteiger partial charge is 0.351 e. The van der Waals surface area contributed by atoms with E-state index in [1.54, 1.807) is 0 Å². The van der Waals surface area contributed by atoms with Gasteiger partial charge in [0.15, 0.2) is 0 Å². The van der Waals surface area contributed by atoms with E-state index in [1.807, 2.05) is 48.5 Å². The normalized spacial score (nSPS) is 26.8. The van der Waals surface area contributed by atoms with Crippen LogP contribution in [-0.2, 0) is 16.1 Å². The molecular formula is C25H27N3O3. The minimum absolute atomic E-state index is 0.0685. The monoisotopic (exact) mass is 417 g/mol. The van der Waals surface area contributed by atoms with E-state index < -0.39 is 11.4 Å². The van der Waals surface area contributed by atoms with E-state index in [1.165, 1.54) is 4.90 Å². The summed E-state index contributed by atoms with van der Waals surface area (Å²) in [5.41, 5.74) is 8.82. The van der Waals surface area contributed by atoms with Crippen molar-refractivity contribution < 1.29 is 14.4 Å². The number of oxime groups is 1. The number of anilines is 2. The number of para-hydroxylation sites is 2. The van der Waals surface area contributed by atoms with Crippen LogP contribution in [0.1, 0.15) is 50.7 Å². The highest BCUT2D eigenvalue weighted by atomic mass is 16.7. The predicted molar refractivity (Wildman–Crippen MR) is 119 cm³/mol. The van der Waals surface area contributed by atoms with E-state index in [9.17, 15) is 9.59 Å². The summed E-state index contributed by atoms with van der Waals surface area (Å²) < 4.78 is 0. The highest BCUT2D eigenvalue weighted by Gasteiger charge is 2.64. The molecule has 2 bridgehead atoms. The first kappa shape index (κ1) is 19.8. The molecule has 0 atom stereocenters. The number of urea groups is 1. The second-order valence-electron chi connectivity index (χ2n) is 9.49. The molecule has 0 radical (unpaired) electrons. The molecule has 2 aliphatic carbocycles. The Bertz CT molecular complexity index is 1100. The number of carbonyl (C=O) groups is 2. The Balaban J connectivity index is 1.55. The van der Waals surface area contributed by atoms with Gasteiger partial charge in [-0.2, -0.15) is 0 Å². The number of primary amides is 1. The van der Waals surface area contributed by atoms with E-state index >= 15 is 0 Å². The van der Waals surface area contributed by atoms with Crippen molar-refractivity contribution in [3.05, 3.63) is 59.7 Å². The number of benzene rings is 2. The van der Waals surface area contributed by atoms with Crippen LogP contribution in [0.2, 0.25) is 0 Å². The van der Waals surface area contributed by atoms with Gasteiger partial charge in [-0.1, -0.05) is 55.4 Å². The van der Waals surface area contributed by atoms with Crippen molar-refractivity contribution in [3.63, 3.8) is 0 Å². The number of rotatable bonds is 2. The van der Waals surface area contributed by atoms with Crippen LogP contribution in [0.4, 0.5) is 16.2 Å². The second-order valence-corrected chi connectivity index (χ2v) is 9.49. The maximum atomic E-state index is 13.3. The molecular weight excluding hydrogens is 390 g/mol. The van der Waals surface area contributed by atoms with Gasteiger partial charge in [0.1, 0.15) is 0 Å². The van der Waals surface area contributed by atoms with E-state index in [0.29, 0.717) is 29.4 Å².